The minimum atomic E-state index is -1.31. The zero-order valence-electron chi connectivity index (χ0n) is 22.1. The van der Waals surface area contributed by atoms with Crippen LogP contribution in [0.5, 0.6) is 0 Å². The molecule has 8 heteroatoms. The third kappa shape index (κ3) is 9.70. The number of hydrogen-bond acceptors (Lipinski definition) is 7. The second-order valence-corrected chi connectivity index (χ2v) is 10.2. The topological polar surface area (TPSA) is 117 Å². The molecule has 0 fully saturated rings. The van der Waals surface area contributed by atoms with Crippen LogP contribution in [0.4, 0.5) is 4.79 Å². The van der Waals surface area contributed by atoms with Crippen molar-refractivity contribution in [3.05, 3.63) is 70.8 Å². The molecule has 0 saturated heterocycles. The number of rotatable bonds is 12. The Morgan fingerprint density at radius 1 is 1.05 bits per heavy atom. The number of aldehydes is 1. The van der Waals surface area contributed by atoms with E-state index in [4.69, 9.17) is 14.7 Å². The molecule has 37 heavy (non-hydrogen) atoms. The smallest absolute Gasteiger partial charge is 0.410 e. The van der Waals surface area contributed by atoms with Crippen LogP contribution in [0.25, 0.3) is 0 Å². The number of nitrogens with zero attached hydrogens (tertiary/aromatic N) is 2. The van der Waals surface area contributed by atoms with Gasteiger partial charge in [-0.05, 0) is 55.0 Å². The van der Waals surface area contributed by atoms with Crippen molar-refractivity contribution in [3.8, 4) is 6.07 Å². The molecule has 0 aliphatic heterocycles. The van der Waals surface area contributed by atoms with Crippen molar-refractivity contribution in [2.45, 2.75) is 71.3 Å². The highest BCUT2D eigenvalue weighted by molar-refractivity contribution is 5.75. The number of nitriles is 1. The molecule has 2 aromatic carbocycles. The van der Waals surface area contributed by atoms with Gasteiger partial charge in [0.15, 0.2) is 6.10 Å². The van der Waals surface area contributed by atoms with Gasteiger partial charge in [-0.3, -0.25) is 0 Å². The highest BCUT2D eigenvalue weighted by Crippen LogP contribution is 2.20. The molecule has 2 rings (SSSR count). The third-order valence-corrected chi connectivity index (χ3v) is 5.84. The standard InChI is InChI=1S/C29H36N2O6/c1-20(2)14-25(18-32)31(5)28(35)37-29(3,4)16-22-8-12-24(13-9-22)19-36-27(34)26(33)15-21-6-10-23(17-30)11-7-21/h6-13,18,20,25-26,33H,14-16,19H2,1-5H3. The van der Waals surface area contributed by atoms with E-state index in [-0.39, 0.29) is 18.9 Å². The first-order valence-corrected chi connectivity index (χ1v) is 12.3. The van der Waals surface area contributed by atoms with E-state index in [9.17, 15) is 19.5 Å². The van der Waals surface area contributed by atoms with E-state index >= 15 is 0 Å². The number of esters is 1. The van der Waals surface area contributed by atoms with Gasteiger partial charge in [0.25, 0.3) is 0 Å². The van der Waals surface area contributed by atoms with Crippen LogP contribution in [0.1, 0.15) is 56.4 Å². The monoisotopic (exact) mass is 508 g/mol. The van der Waals surface area contributed by atoms with Crippen LogP contribution in [-0.2, 0) is 38.5 Å². The highest BCUT2D eigenvalue weighted by atomic mass is 16.6. The number of carbonyl (C=O) groups is 3. The average molecular weight is 509 g/mol. The predicted molar refractivity (Wildman–Crippen MR) is 138 cm³/mol. The van der Waals surface area contributed by atoms with E-state index < -0.39 is 29.8 Å². The maximum Gasteiger partial charge on any atom is 0.410 e. The fourth-order valence-corrected chi connectivity index (χ4v) is 3.79. The van der Waals surface area contributed by atoms with Crippen molar-refractivity contribution < 1.29 is 29.0 Å². The molecule has 0 bridgehead atoms. The summed E-state index contributed by atoms with van der Waals surface area (Å²) in [5.74, 6) is -0.459. The molecule has 0 aliphatic carbocycles. The number of aliphatic hydroxyl groups excluding tert-OH is 1. The van der Waals surface area contributed by atoms with Gasteiger partial charge in [-0.25, -0.2) is 9.59 Å². The van der Waals surface area contributed by atoms with Gasteiger partial charge in [0.1, 0.15) is 18.5 Å². The normalized spacial score (nSPS) is 12.8. The molecule has 0 aliphatic rings. The second-order valence-electron chi connectivity index (χ2n) is 10.2. The first-order valence-electron chi connectivity index (χ1n) is 12.3. The Kier molecular flexibility index (Phi) is 10.8. The lowest BCUT2D eigenvalue weighted by molar-refractivity contribution is -0.154. The maximum absolute atomic E-state index is 12.6. The average Bonchev–Trinajstić information content (AvgIpc) is 2.85. The molecule has 2 atom stereocenters. The maximum atomic E-state index is 12.6. The molecule has 0 heterocycles. The second kappa shape index (κ2) is 13.6. The van der Waals surface area contributed by atoms with E-state index in [1.165, 1.54) is 4.90 Å². The van der Waals surface area contributed by atoms with Gasteiger partial charge in [0, 0.05) is 19.9 Å². The molecule has 0 spiro atoms. The van der Waals surface area contributed by atoms with Crippen LogP contribution in [-0.4, -0.2) is 53.1 Å². The largest absolute Gasteiger partial charge is 0.459 e. The Hall–Kier alpha value is -3.70. The summed E-state index contributed by atoms with van der Waals surface area (Å²) < 4.78 is 10.9. The Morgan fingerprint density at radius 3 is 2.16 bits per heavy atom. The Bertz CT molecular complexity index is 1090. The van der Waals surface area contributed by atoms with E-state index in [0.717, 1.165) is 23.0 Å². The van der Waals surface area contributed by atoms with E-state index in [0.29, 0.717) is 18.4 Å². The van der Waals surface area contributed by atoms with Crippen LogP contribution in [0.15, 0.2) is 48.5 Å². The summed E-state index contributed by atoms with van der Waals surface area (Å²) in [5.41, 5.74) is 2.10. The quantitative estimate of drug-likeness (QED) is 0.337. The SMILES string of the molecule is CC(C)CC(C=O)N(C)C(=O)OC(C)(C)Cc1ccc(COC(=O)C(O)Cc2ccc(C#N)cc2)cc1. The van der Waals surface area contributed by atoms with Crippen LogP contribution in [0, 0.1) is 17.2 Å². The number of likely N-dealkylation sites (N-methyl/N-ethyl adjacent to an activating group) is 1. The molecular formula is C29H36N2O6. The summed E-state index contributed by atoms with van der Waals surface area (Å²) in [6, 6.07) is 15.5. The van der Waals surface area contributed by atoms with Crippen molar-refractivity contribution >= 4 is 18.3 Å². The first-order chi connectivity index (χ1) is 17.4. The van der Waals surface area contributed by atoms with Crippen LogP contribution < -0.4 is 0 Å². The predicted octanol–water partition coefficient (Wildman–Crippen LogP) is 4.21. The van der Waals surface area contributed by atoms with E-state index in [2.05, 4.69) is 0 Å². The molecule has 0 radical (unpaired) electrons. The molecule has 0 aromatic heterocycles. The van der Waals surface area contributed by atoms with Gasteiger partial charge in [-0.1, -0.05) is 50.2 Å². The number of aliphatic hydroxyl groups is 1. The fourth-order valence-electron chi connectivity index (χ4n) is 3.79. The van der Waals surface area contributed by atoms with Gasteiger partial charge in [-0.2, -0.15) is 5.26 Å². The Morgan fingerprint density at radius 2 is 1.62 bits per heavy atom. The van der Waals surface area contributed by atoms with Crippen molar-refractivity contribution in [2.24, 2.45) is 5.92 Å². The summed E-state index contributed by atoms with van der Waals surface area (Å²) >= 11 is 0. The molecule has 8 nitrogen and oxygen atoms in total. The number of benzene rings is 2. The zero-order valence-corrected chi connectivity index (χ0v) is 22.1. The lowest BCUT2D eigenvalue weighted by atomic mass is 9.97. The summed E-state index contributed by atoms with van der Waals surface area (Å²) in [5, 5.41) is 19.0. The van der Waals surface area contributed by atoms with E-state index in [1.54, 1.807) is 31.3 Å². The van der Waals surface area contributed by atoms with Gasteiger partial charge >= 0.3 is 12.1 Å². The summed E-state index contributed by atoms with van der Waals surface area (Å²) in [7, 11) is 1.57. The zero-order chi connectivity index (χ0) is 27.6. The van der Waals surface area contributed by atoms with E-state index in [1.807, 2.05) is 58.0 Å². The van der Waals surface area contributed by atoms with Gasteiger partial charge in [0.2, 0.25) is 0 Å². The van der Waals surface area contributed by atoms with Gasteiger partial charge in [-0.15, -0.1) is 0 Å². The molecule has 198 valence electrons. The first kappa shape index (κ1) is 29.5. The molecule has 1 N–H and O–H groups in total. The highest BCUT2D eigenvalue weighted by Gasteiger charge is 2.29. The van der Waals surface area contributed by atoms with Crippen LogP contribution in [0.3, 0.4) is 0 Å². The Balaban J connectivity index is 1.86. The summed E-state index contributed by atoms with van der Waals surface area (Å²) in [6.45, 7) is 7.60. The van der Waals surface area contributed by atoms with Gasteiger partial charge in [0.05, 0.1) is 17.7 Å². The molecule has 2 unspecified atom stereocenters. The number of hydrogen-bond donors (Lipinski definition) is 1. The lowest BCUT2D eigenvalue weighted by Crippen LogP contribution is -2.43. The molecular weight excluding hydrogens is 472 g/mol. The number of carbonyl (C=O) groups excluding carboxylic acids is 3. The van der Waals surface area contributed by atoms with Crippen molar-refractivity contribution in [1.29, 1.82) is 5.26 Å². The van der Waals surface area contributed by atoms with Crippen molar-refractivity contribution in [1.82, 2.24) is 4.90 Å². The number of ether oxygens (including phenoxy) is 2. The summed E-state index contributed by atoms with van der Waals surface area (Å²) in [6.07, 6.45) is 0.0227. The molecule has 2 aromatic rings. The van der Waals surface area contributed by atoms with Crippen molar-refractivity contribution in [2.75, 3.05) is 7.05 Å². The number of amides is 1. The fraction of sp³-hybridized carbons (Fsp3) is 0.448. The van der Waals surface area contributed by atoms with Gasteiger partial charge < -0.3 is 24.3 Å². The minimum Gasteiger partial charge on any atom is -0.459 e. The minimum absolute atomic E-state index is 0.00958. The third-order valence-electron chi connectivity index (χ3n) is 5.84. The summed E-state index contributed by atoms with van der Waals surface area (Å²) in [4.78, 5) is 37.5. The van der Waals surface area contributed by atoms with Crippen LogP contribution in [0.2, 0.25) is 0 Å². The Labute approximate surface area is 218 Å². The van der Waals surface area contributed by atoms with Crippen LogP contribution >= 0.6 is 0 Å². The molecule has 1 amide bonds. The van der Waals surface area contributed by atoms with Crippen molar-refractivity contribution in [3.63, 3.8) is 0 Å². The molecule has 0 saturated carbocycles. The lowest BCUT2D eigenvalue weighted by Gasteiger charge is -2.31.